The fourth-order valence-electron chi connectivity index (χ4n) is 3.57. The van der Waals surface area contributed by atoms with Gasteiger partial charge in [-0.2, -0.15) is 4.98 Å². The molecule has 0 bridgehead atoms. The summed E-state index contributed by atoms with van der Waals surface area (Å²) >= 11 is 1.65. The van der Waals surface area contributed by atoms with Crippen molar-refractivity contribution in [3.05, 3.63) is 36.2 Å². The Morgan fingerprint density at radius 1 is 1.17 bits per heavy atom. The van der Waals surface area contributed by atoms with Crippen LogP contribution < -0.4 is 15.5 Å². The third-order valence-corrected chi connectivity index (χ3v) is 6.50. The van der Waals surface area contributed by atoms with Crippen molar-refractivity contribution in [2.45, 2.75) is 50.1 Å². The number of hydrogen-bond acceptors (Lipinski definition) is 7. The van der Waals surface area contributed by atoms with Gasteiger partial charge in [0.1, 0.15) is 10.8 Å². The SMILES string of the molecule is CCCSc1ncccc1C(=O)NC[C@H]1CC[C@@H](Nc2nccc(N(C)C)n2)CC1. The number of thioether (sulfide) groups is 1. The molecule has 1 aliphatic carbocycles. The third kappa shape index (κ3) is 6.32. The lowest BCUT2D eigenvalue weighted by molar-refractivity contribution is 0.0939. The Morgan fingerprint density at radius 2 is 1.97 bits per heavy atom. The van der Waals surface area contributed by atoms with Gasteiger partial charge in [0.15, 0.2) is 0 Å². The summed E-state index contributed by atoms with van der Waals surface area (Å²) in [5.41, 5.74) is 0.684. The molecule has 2 N–H and O–H groups in total. The van der Waals surface area contributed by atoms with Crippen LogP contribution in [0, 0.1) is 5.92 Å². The van der Waals surface area contributed by atoms with Crippen LogP contribution in [0.2, 0.25) is 0 Å². The maximum atomic E-state index is 12.7. The Kier molecular flexibility index (Phi) is 8.30. The number of nitrogens with one attached hydrogen (secondary N) is 2. The topological polar surface area (TPSA) is 83.0 Å². The number of aromatic nitrogens is 3. The fraction of sp³-hybridized carbons (Fsp3) is 0.545. The van der Waals surface area contributed by atoms with E-state index in [1.165, 1.54) is 0 Å². The largest absolute Gasteiger partial charge is 0.363 e. The number of amides is 1. The van der Waals surface area contributed by atoms with Gasteiger partial charge in [0, 0.05) is 39.1 Å². The lowest BCUT2D eigenvalue weighted by Crippen LogP contribution is -2.34. The molecule has 0 saturated heterocycles. The zero-order valence-electron chi connectivity index (χ0n) is 18.1. The molecule has 2 aromatic rings. The van der Waals surface area contributed by atoms with Gasteiger partial charge in [-0.3, -0.25) is 4.79 Å². The van der Waals surface area contributed by atoms with Crippen molar-refractivity contribution in [2.75, 3.05) is 36.6 Å². The van der Waals surface area contributed by atoms with Gasteiger partial charge in [-0.15, -0.1) is 11.8 Å². The quantitative estimate of drug-likeness (QED) is 0.587. The summed E-state index contributed by atoms with van der Waals surface area (Å²) in [7, 11) is 3.95. The van der Waals surface area contributed by atoms with Crippen molar-refractivity contribution in [2.24, 2.45) is 5.92 Å². The number of nitrogens with zero attached hydrogens (tertiary/aromatic N) is 4. The molecule has 1 amide bonds. The third-order valence-electron chi connectivity index (χ3n) is 5.29. The number of carbonyl (C=O) groups excluding carboxylic acids is 1. The minimum absolute atomic E-state index is 0.0177. The molecule has 2 aromatic heterocycles. The van der Waals surface area contributed by atoms with Crippen molar-refractivity contribution >= 4 is 29.4 Å². The van der Waals surface area contributed by atoms with E-state index in [-0.39, 0.29) is 5.91 Å². The monoisotopic (exact) mass is 428 g/mol. The molecule has 1 aliphatic rings. The van der Waals surface area contributed by atoms with Crippen LogP contribution in [0.5, 0.6) is 0 Å². The Morgan fingerprint density at radius 3 is 2.70 bits per heavy atom. The molecule has 2 heterocycles. The Labute approximate surface area is 183 Å². The van der Waals surface area contributed by atoms with Crippen LogP contribution in [0.1, 0.15) is 49.4 Å². The highest BCUT2D eigenvalue weighted by Crippen LogP contribution is 2.26. The van der Waals surface area contributed by atoms with Crippen molar-refractivity contribution in [1.29, 1.82) is 0 Å². The first kappa shape index (κ1) is 22.3. The lowest BCUT2D eigenvalue weighted by atomic mass is 9.86. The molecule has 3 rings (SSSR count). The Balaban J connectivity index is 1.45. The number of pyridine rings is 1. The smallest absolute Gasteiger partial charge is 0.254 e. The molecule has 0 unspecified atom stereocenters. The van der Waals surface area contributed by atoms with Gasteiger partial charge in [-0.05, 0) is 62.0 Å². The zero-order valence-corrected chi connectivity index (χ0v) is 18.9. The molecule has 8 heteroatoms. The molecule has 1 fully saturated rings. The molecule has 0 aromatic carbocycles. The Hall–Kier alpha value is -2.35. The summed E-state index contributed by atoms with van der Waals surface area (Å²) < 4.78 is 0. The van der Waals surface area contributed by atoms with Crippen LogP contribution in [-0.2, 0) is 0 Å². The van der Waals surface area contributed by atoms with E-state index in [1.54, 1.807) is 24.2 Å². The van der Waals surface area contributed by atoms with E-state index in [1.807, 2.05) is 37.2 Å². The normalized spacial score (nSPS) is 18.6. The van der Waals surface area contributed by atoms with Gasteiger partial charge in [-0.25, -0.2) is 9.97 Å². The molecule has 7 nitrogen and oxygen atoms in total. The first-order valence-electron chi connectivity index (χ1n) is 10.7. The highest BCUT2D eigenvalue weighted by molar-refractivity contribution is 7.99. The number of carbonyl (C=O) groups is 1. The minimum Gasteiger partial charge on any atom is -0.363 e. The van der Waals surface area contributed by atoms with Crippen LogP contribution in [0.25, 0.3) is 0 Å². The van der Waals surface area contributed by atoms with Gasteiger partial charge in [0.25, 0.3) is 5.91 Å². The van der Waals surface area contributed by atoms with Gasteiger partial charge in [-0.1, -0.05) is 6.92 Å². The van der Waals surface area contributed by atoms with Crippen LogP contribution in [0.4, 0.5) is 11.8 Å². The Bertz CT molecular complexity index is 823. The first-order valence-corrected chi connectivity index (χ1v) is 11.7. The standard InChI is InChI=1S/C22H32N6OS/c1-4-14-30-21-18(6-5-12-23-21)20(29)25-15-16-7-9-17(10-8-16)26-22-24-13-11-19(27-22)28(2)3/h5-6,11-13,16-17H,4,7-10,14-15H2,1-3H3,(H,25,29)(H,24,26,27)/t16-,17+. The van der Waals surface area contributed by atoms with Gasteiger partial charge < -0.3 is 15.5 Å². The second-order valence-corrected chi connectivity index (χ2v) is 8.99. The highest BCUT2D eigenvalue weighted by atomic mass is 32.2. The molecular weight excluding hydrogens is 396 g/mol. The summed E-state index contributed by atoms with van der Waals surface area (Å²) in [5.74, 6) is 3.04. The molecule has 0 aliphatic heterocycles. The van der Waals surface area contributed by atoms with Crippen LogP contribution in [0.3, 0.4) is 0 Å². The van der Waals surface area contributed by atoms with E-state index >= 15 is 0 Å². The fourth-order valence-corrected chi connectivity index (χ4v) is 4.42. The number of hydrogen-bond donors (Lipinski definition) is 2. The van der Waals surface area contributed by atoms with Gasteiger partial charge >= 0.3 is 0 Å². The number of anilines is 2. The van der Waals surface area contributed by atoms with E-state index in [0.29, 0.717) is 30.0 Å². The first-order chi connectivity index (χ1) is 14.6. The van der Waals surface area contributed by atoms with Crippen LogP contribution >= 0.6 is 11.8 Å². The van der Waals surface area contributed by atoms with Crippen LogP contribution in [-0.4, -0.2) is 53.3 Å². The van der Waals surface area contributed by atoms with Crippen molar-refractivity contribution in [3.63, 3.8) is 0 Å². The van der Waals surface area contributed by atoms with E-state index in [4.69, 9.17) is 0 Å². The summed E-state index contributed by atoms with van der Waals surface area (Å²) in [5, 5.41) is 7.42. The minimum atomic E-state index is -0.0177. The summed E-state index contributed by atoms with van der Waals surface area (Å²) in [4.78, 5) is 27.9. The summed E-state index contributed by atoms with van der Waals surface area (Å²) in [6.07, 6.45) is 8.87. The molecule has 30 heavy (non-hydrogen) atoms. The second kappa shape index (κ2) is 11.2. The summed E-state index contributed by atoms with van der Waals surface area (Å²) in [6, 6.07) is 5.97. The van der Waals surface area contributed by atoms with Crippen LogP contribution in [0.15, 0.2) is 35.6 Å². The van der Waals surface area contributed by atoms with Crippen molar-refractivity contribution in [3.8, 4) is 0 Å². The maximum Gasteiger partial charge on any atom is 0.254 e. The second-order valence-electron chi connectivity index (χ2n) is 7.91. The summed E-state index contributed by atoms with van der Waals surface area (Å²) in [6.45, 7) is 2.84. The average molecular weight is 429 g/mol. The predicted molar refractivity (Wildman–Crippen MR) is 123 cm³/mol. The molecule has 0 atom stereocenters. The van der Waals surface area contributed by atoms with E-state index in [9.17, 15) is 4.79 Å². The van der Waals surface area contributed by atoms with Crippen molar-refractivity contribution < 1.29 is 4.79 Å². The van der Waals surface area contributed by atoms with E-state index in [2.05, 4.69) is 32.5 Å². The molecule has 162 valence electrons. The highest BCUT2D eigenvalue weighted by Gasteiger charge is 2.23. The molecule has 1 saturated carbocycles. The lowest BCUT2D eigenvalue weighted by Gasteiger charge is -2.29. The van der Waals surface area contributed by atoms with Gasteiger partial charge in [0.05, 0.1) is 5.56 Å². The number of rotatable bonds is 9. The molecular formula is C22H32N6OS. The molecule has 0 radical (unpaired) electrons. The maximum absolute atomic E-state index is 12.7. The zero-order chi connectivity index (χ0) is 21.3. The van der Waals surface area contributed by atoms with Crippen molar-refractivity contribution in [1.82, 2.24) is 20.3 Å². The van der Waals surface area contributed by atoms with E-state index < -0.39 is 0 Å². The van der Waals surface area contributed by atoms with E-state index in [0.717, 1.165) is 48.7 Å². The predicted octanol–water partition coefficient (Wildman–Crippen LogP) is 3.84. The average Bonchev–Trinajstić information content (AvgIpc) is 2.77. The molecule has 0 spiro atoms. The van der Waals surface area contributed by atoms with Gasteiger partial charge in [0.2, 0.25) is 5.95 Å².